The molecule has 0 spiro atoms. The standard InChI is InChI=1S/C14H19ClO4/c1-17-12-7-10(11(15)8-13(12)18-2)14(16)9-3-5-19-6-4-9/h7-9,14,16H,3-6H2,1-2H3. The van der Waals surface area contributed by atoms with E-state index in [2.05, 4.69) is 0 Å². The van der Waals surface area contributed by atoms with Gasteiger partial charge in [-0.15, -0.1) is 0 Å². The molecular weight excluding hydrogens is 268 g/mol. The summed E-state index contributed by atoms with van der Waals surface area (Å²) >= 11 is 6.22. The van der Waals surface area contributed by atoms with Gasteiger partial charge in [0.25, 0.3) is 0 Å². The second-order valence-electron chi connectivity index (χ2n) is 4.62. The molecular formula is C14H19ClO4. The molecule has 1 unspecified atom stereocenters. The van der Waals surface area contributed by atoms with Crippen molar-refractivity contribution in [3.05, 3.63) is 22.7 Å². The van der Waals surface area contributed by atoms with Gasteiger partial charge in [0.1, 0.15) is 0 Å². The fourth-order valence-corrected chi connectivity index (χ4v) is 2.65. The number of hydrogen-bond acceptors (Lipinski definition) is 4. The van der Waals surface area contributed by atoms with Crippen molar-refractivity contribution in [1.82, 2.24) is 0 Å². The Bertz CT molecular complexity index is 430. The molecule has 0 saturated carbocycles. The smallest absolute Gasteiger partial charge is 0.162 e. The predicted molar refractivity (Wildman–Crippen MR) is 73.1 cm³/mol. The van der Waals surface area contributed by atoms with Crippen molar-refractivity contribution in [2.45, 2.75) is 18.9 Å². The number of halogens is 1. The van der Waals surface area contributed by atoms with E-state index in [0.29, 0.717) is 35.3 Å². The van der Waals surface area contributed by atoms with Crippen molar-refractivity contribution in [3.8, 4) is 11.5 Å². The van der Waals surface area contributed by atoms with Gasteiger partial charge in [-0.2, -0.15) is 0 Å². The summed E-state index contributed by atoms with van der Waals surface area (Å²) in [6.07, 6.45) is 1.08. The summed E-state index contributed by atoms with van der Waals surface area (Å²) < 4.78 is 15.7. The molecule has 1 aliphatic heterocycles. The molecule has 4 nitrogen and oxygen atoms in total. The summed E-state index contributed by atoms with van der Waals surface area (Å²) in [5.41, 5.74) is 0.686. The van der Waals surface area contributed by atoms with Crippen LogP contribution in [0.5, 0.6) is 11.5 Å². The van der Waals surface area contributed by atoms with Crippen molar-refractivity contribution in [2.75, 3.05) is 27.4 Å². The van der Waals surface area contributed by atoms with Crippen molar-refractivity contribution in [3.63, 3.8) is 0 Å². The lowest BCUT2D eigenvalue weighted by molar-refractivity contribution is 0.00714. The van der Waals surface area contributed by atoms with E-state index in [1.165, 1.54) is 0 Å². The average molecular weight is 287 g/mol. The van der Waals surface area contributed by atoms with Gasteiger partial charge in [0, 0.05) is 24.8 Å². The molecule has 0 aliphatic carbocycles. The summed E-state index contributed by atoms with van der Waals surface area (Å²) in [6, 6.07) is 3.43. The minimum atomic E-state index is -0.601. The highest BCUT2D eigenvalue weighted by Gasteiger charge is 2.26. The van der Waals surface area contributed by atoms with Gasteiger partial charge >= 0.3 is 0 Å². The van der Waals surface area contributed by atoms with Gasteiger partial charge in [-0.05, 0) is 24.8 Å². The van der Waals surface area contributed by atoms with Crippen LogP contribution < -0.4 is 9.47 Å². The average Bonchev–Trinajstić information content (AvgIpc) is 2.47. The maximum Gasteiger partial charge on any atom is 0.162 e. The molecule has 5 heteroatoms. The fourth-order valence-electron chi connectivity index (χ4n) is 2.38. The zero-order chi connectivity index (χ0) is 13.8. The van der Waals surface area contributed by atoms with Gasteiger partial charge in [-0.3, -0.25) is 0 Å². The molecule has 1 saturated heterocycles. The Kier molecular flexibility index (Phi) is 4.91. The molecule has 0 amide bonds. The van der Waals surface area contributed by atoms with E-state index >= 15 is 0 Å². The Morgan fingerprint density at radius 3 is 2.37 bits per heavy atom. The third kappa shape index (κ3) is 3.14. The van der Waals surface area contributed by atoms with E-state index in [-0.39, 0.29) is 5.92 Å². The van der Waals surface area contributed by atoms with E-state index in [0.717, 1.165) is 12.8 Å². The second kappa shape index (κ2) is 6.46. The Morgan fingerprint density at radius 2 is 1.79 bits per heavy atom. The first kappa shape index (κ1) is 14.4. The minimum Gasteiger partial charge on any atom is -0.493 e. The van der Waals surface area contributed by atoms with Crippen LogP contribution in [0.1, 0.15) is 24.5 Å². The summed E-state index contributed by atoms with van der Waals surface area (Å²) in [6.45, 7) is 1.37. The van der Waals surface area contributed by atoms with Crippen LogP contribution in [0.15, 0.2) is 12.1 Å². The van der Waals surface area contributed by atoms with Crippen LogP contribution in [-0.2, 0) is 4.74 Å². The number of rotatable bonds is 4. The van der Waals surface area contributed by atoms with Crippen molar-refractivity contribution >= 4 is 11.6 Å². The maximum atomic E-state index is 10.5. The Balaban J connectivity index is 2.27. The lowest BCUT2D eigenvalue weighted by atomic mass is 9.89. The van der Waals surface area contributed by atoms with Crippen LogP contribution in [0, 0.1) is 5.92 Å². The number of aliphatic hydroxyl groups excluding tert-OH is 1. The van der Waals surface area contributed by atoms with Crippen molar-refractivity contribution in [2.24, 2.45) is 5.92 Å². The lowest BCUT2D eigenvalue weighted by Gasteiger charge is -2.27. The number of hydrogen-bond donors (Lipinski definition) is 1. The van der Waals surface area contributed by atoms with E-state index in [9.17, 15) is 5.11 Å². The second-order valence-corrected chi connectivity index (χ2v) is 5.03. The van der Waals surface area contributed by atoms with Crippen LogP contribution in [0.3, 0.4) is 0 Å². The molecule has 106 valence electrons. The number of ether oxygens (including phenoxy) is 3. The van der Waals surface area contributed by atoms with Crippen molar-refractivity contribution < 1.29 is 19.3 Å². The molecule has 2 rings (SSSR count). The summed E-state index contributed by atoms with van der Waals surface area (Å²) in [5, 5.41) is 11.0. The maximum absolute atomic E-state index is 10.5. The Hall–Kier alpha value is -0.970. The van der Waals surface area contributed by atoms with Gasteiger partial charge in [-0.25, -0.2) is 0 Å². The lowest BCUT2D eigenvalue weighted by Crippen LogP contribution is -2.22. The molecule has 0 aromatic heterocycles. The minimum absolute atomic E-state index is 0.171. The van der Waals surface area contributed by atoms with Gasteiger partial charge in [-0.1, -0.05) is 11.6 Å². The normalized spacial score (nSPS) is 18.1. The third-order valence-electron chi connectivity index (χ3n) is 3.53. The summed E-state index contributed by atoms with van der Waals surface area (Å²) in [5.74, 6) is 1.31. The molecule has 0 bridgehead atoms. The number of benzene rings is 1. The van der Waals surface area contributed by atoms with Crippen LogP contribution in [0.2, 0.25) is 5.02 Å². The van der Waals surface area contributed by atoms with Crippen LogP contribution in [-0.4, -0.2) is 32.5 Å². The molecule has 1 atom stereocenters. The highest BCUT2D eigenvalue weighted by molar-refractivity contribution is 6.31. The first-order valence-electron chi connectivity index (χ1n) is 6.34. The van der Waals surface area contributed by atoms with Gasteiger partial charge in [0.2, 0.25) is 0 Å². The Morgan fingerprint density at radius 1 is 1.21 bits per heavy atom. The number of methoxy groups -OCH3 is 2. The summed E-state index contributed by atoms with van der Waals surface area (Å²) in [4.78, 5) is 0. The van der Waals surface area contributed by atoms with Gasteiger partial charge in [0.15, 0.2) is 11.5 Å². The zero-order valence-corrected chi connectivity index (χ0v) is 11.9. The zero-order valence-electron chi connectivity index (χ0n) is 11.2. The van der Waals surface area contributed by atoms with Crippen LogP contribution in [0.4, 0.5) is 0 Å². The van der Waals surface area contributed by atoms with Gasteiger partial charge < -0.3 is 19.3 Å². The molecule has 1 aliphatic rings. The topological polar surface area (TPSA) is 47.9 Å². The third-order valence-corrected chi connectivity index (χ3v) is 3.86. The van der Waals surface area contributed by atoms with Gasteiger partial charge in [0.05, 0.1) is 25.3 Å². The fraction of sp³-hybridized carbons (Fsp3) is 0.571. The first-order valence-corrected chi connectivity index (χ1v) is 6.72. The molecule has 1 aromatic rings. The van der Waals surface area contributed by atoms with E-state index < -0.39 is 6.10 Å². The molecule has 19 heavy (non-hydrogen) atoms. The predicted octanol–water partition coefficient (Wildman–Crippen LogP) is 2.82. The van der Waals surface area contributed by atoms with E-state index in [1.54, 1.807) is 26.4 Å². The van der Waals surface area contributed by atoms with Crippen LogP contribution in [0.25, 0.3) is 0 Å². The van der Waals surface area contributed by atoms with Crippen LogP contribution >= 0.6 is 11.6 Å². The highest BCUT2D eigenvalue weighted by Crippen LogP contribution is 2.39. The number of aliphatic hydroxyl groups is 1. The molecule has 1 fully saturated rings. The highest BCUT2D eigenvalue weighted by atomic mass is 35.5. The summed E-state index contributed by atoms with van der Waals surface area (Å²) in [7, 11) is 3.12. The molecule has 0 radical (unpaired) electrons. The van der Waals surface area contributed by atoms with Crippen molar-refractivity contribution in [1.29, 1.82) is 0 Å². The van der Waals surface area contributed by atoms with E-state index in [4.69, 9.17) is 25.8 Å². The quantitative estimate of drug-likeness (QED) is 0.925. The SMILES string of the molecule is COc1cc(Cl)c(C(O)C2CCOCC2)cc1OC. The first-order chi connectivity index (χ1) is 9.17. The molecule has 1 heterocycles. The molecule has 1 N–H and O–H groups in total. The largest absolute Gasteiger partial charge is 0.493 e. The molecule has 1 aromatic carbocycles. The monoisotopic (exact) mass is 286 g/mol. The van der Waals surface area contributed by atoms with E-state index in [1.807, 2.05) is 0 Å². The Labute approximate surface area is 118 Å².